The Morgan fingerprint density at radius 2 is 1.70 bits per heavy atom. The molecule has 0 saturated carbocycles. The van der Waals surface area contributed by atoms with Crippen molar-refractivity contribution in [2.75, 3.05) is 6.61 Å². The Hall–Kier alpha value is -0.843. The van der Waals surface area contributed by atoms with Crippen molar-refractivity contribution >= 4 is 8.32 Å². The van der Waals surface area contributed by atoms with Crippen LogP contribution in [0.25, 0.3) is 0 Å². The first-order chi connectivity index (χ1) is 12.5. The van der Waals surface area contributed by atoms with Gasteiger partial charge >= 0.3 is 0 Å². The predicted molar refractivity (Wildman–Crippen MR) is 118 cm³/mol. The molecule has 0 bridgehead atoms. The van der Waals surface area contributed by atoms with E-state index in [1.165, 1.54) is 18.0 Å². The summed E-state index contributed by atoms with van der Waals surface area (Å²) in [6.07, 6.45) is 5.75. The van der Waals surface area contributed by atoms with Crippen LogP contribution in [-0.4, -0.2) is 32.1 Å². The number of rotatable bonds is 9. The summed E-state index contributed by atoms with van der Waals surface area (Å²) in [7, 11) is -1.62. The minimum atomic E-state index is -1.62. The van der Waals surface area contributed by atoms with Crippen LogP contribution in [0.15, 0.2) is 24.3 Å². The number of para-hydroxylation sites is 1. The van der Waals surface area contributed by atoms with Crippen LogP contribution in [0.1, 0.15) is 65.9 Å². The third-order valence-corrected chi connectivity index (χ3v) is 7.78. The van der Waals surface area contributed by atoms with Crippen molar-refractivity contribution in [3.63, 3.8) is 0 Å². The quantitative estimate of drug-likeness (QED) is 0.417. The van der Waals surface area contributed by atoms with Crippen molar-refractivity contribution < 1.29 is 9.16 Å². The molecule has 1 saturated heterocycles. The highest BCUT2D eigenvalue weighted by Gasteiger charge is 2.38. The molecule has 0 aliphatic carbocycles. The molecule has 27 heavy (non-hydrogen) atoms. The largest absolute Gasteiger partial charge is 0.544 e. The molecule has 1 aromatic carbocycles. The standard InChI is InChI=1S/C23H41NO2Si/c1-8-16-27(6,7)26-21-14-10-9-12-19(21)13-11-15-25-20-17-22(2,3)24-23(4,5)18-20/h9-10,12,14,20,24H,8,11,13,15-18H2,1-7H3. The van der Waals surface area contributed by atoms with E-state index in [9.17, 15) is 0 Å². The molecule has 4 heteroatoms. The summed E-state index contributed by atoms with van der Waals surface area (Å²) >= 11 is 0. The maximum atomic E-state index is 6.46. The summed E-state index contributed by atoms with van der Waals surface area (Å²) in [6, 6.07) is 9.76. The Bertz CT molecular complexity index is 582. The second kappa shape index (κ2) is 9.10. The first-order valence-electron chi connectivity index (χ1n) is 10.7. The summed E-state index contributed by atoms with van der Waals surface area (Å²) < 4.78 is 12.7. The Kier molecular flexibility index (Phi) is 7.57. The minimum Gasteiger partial charge on any atom is -0.544 e. The molecule has 1 aromatic rings. The van der Waals surface area contributed by atoms with E-state index in [0.717, 1.165) is 38.0 Å². The van der Waals surface area contributed by atoms with Crippen LogP contribution in [0.4, 0.5) is 0 Å². The van der Waals surface area contributed by atoms with Crippen molar-refractivity contribution in [2.45, 2.75) is 103 Å². The van der Waals surface area contributed by atoms with Crippen LogP contribution < -0.4 is 9.74 Å². The van der Waals surface area contributed by atoms with Gasteiger partial charge in [-0.2, -0.15) is 0 Å². The number of piperidine rings is 1. The first-order valence-corrected chi connectivity index (χ1v) is 13.8. The van der Waals surface area contributed by atoms with Crippen molar-refractivity contribution in [3.05, 3.63) is 29.8 Å². The van der Waals surface area contributed by atoms with Gasteiger partial charge in [0.25, 0.3) is 0 Å². The molecule has 0 aromatic heterocycles. The number of ether oxygens (including phenoxy) is 1. The van der Waals surface area contributed by atoms with E-state index >= 15 is 0 Å². The van der Waals surface area contributed by atoms with E-state index < -0.39 is 8.32 Å². The summed E-state index contributed by atoms with van der Waals surface area (Å²) in [4.78, 5) is 0. The molecule has 0 amide bonds. The van der Waals surface area contributed by atoms with Gasteiger partial charge in [-0.25, -0.2) is 0 Å². The lowest BCUT2D eigenvalue weighted by Gasteiger charge is -2.46. The summed E-state index contributed by atoms with van der Waals surface area (Å²) in [5, 5.41) is 3.72. The highest BCUT2D eigenvalue weighted by molar-refractivity contribution is 6.71. The summed E-state index contributed by atoms with van der Waals surface area (Å²) in [5.41, 5.74) is 1.61. The fourth-order valence-corrected chi connectivity index (χ4v) is 6.72. The number of hydrogen-bond donors (Lipinski definition) is 1. The van der Waals surface area contributed by atoms with Gasteiger partial charge in [0.1, 0.15) is 5.75 Å². The average molecular weight is 392 g/mol. The van der Waals surface area contributed by atoms with E-state index in [1.807, 2.05) is 0 Å². The summed E-state index contributed by atoms with van der Waals surface area (Å²) in [5.74, 6) is 1.09. The van der Waals surface area contributed by atoms with E-state index in [0.29, 0.717) is 6.10 Å². The molecule has 1 aliphatic rings. The molecule has 3 nitrogen and oxygen atoms in total. The smallest absolute Gasteiger partial charge is 0.245 e. The fraction of sp³-hybridized carbons (Fsp3) is 0.739. The molecule has 1 N–H and O–H groups in total. The van der Waals surface area contributed by atoms with Gasteiger partial charge < -0.3 is 14.5 Å². The summed E-state index contributed by atoms with van der Waals surface area (Å²) in [6.45, 7) is 16.8. The second-order valence-corrected chi connectivity index (χ2v) is 14.3. The average Bonchev–Trinajstić information content (AvgIpc) is 2.49. The van der Waals surface area contributed by atoms with Gasteiger partial charge in [-0.15, -0.1) is 0 Å². The van der Waals surface area contributed by atoms with Crippen LogP contribution in [0, 0.1) is 0 Å². The molecule has 1 fully saturated rings. The molecule has 0 spiro atoms. The molecule has 0 unspecified atom stereocenters. The van der Waals surface area contributed by atoms with Crippen LogP contribution in [0.3, 0.4) is 0 Å². The van der Waals surface area contributed by atoms with E-state index in [1.54, 1.807) is 0 Å². The number of hydrogen-bond acceptors (Lipinski definition) is 3. The van der Waals surface area contributed by atoms with Gasteiger partial charge in [-0.1, -0.05) is 31.5 Å². The SMILES string of the molecule is CCC[Si](C)(C)Oc1ccccc1CCCOC1CC(C)(C)NC(C)(C)C1. The lowest BCUT2D eigenvalue weighted by atomic mass is 9.81. The third kappa shape index (κ3) is 7.59. The highest BCUT2D eigenvalue weighted by Crippen LogP contribution is 2.30. The molecule has 1 aliphatic heterocycles. The Morgan fingerprint density at radius 1 is 1.07 bits per heavy atom. The van der Waals surface area contributed by atoms with Gasteiger partial charge in [0.05, 0.1) is 6.10 Å². The Labute approximate surface area is 168 Å². The van der Waals surface area contributed by atoms with Crippen molar-refractivity contribution in [2.24, 2.45) is 0 Å². The Morgan fingerprint density at radius 3 is 2.33 bits per heavy atom. The zero-order valence-electron chi connectivity index (χ0n) is 18.7. The molecular weight excluding hydrogens is 350 g/mol. The van der Waals surface area contributed by atoms with Crippen molar-refractivity contribution in [1.29, 1.82) is 0 Å². The lowest BCUT2D eigenvalue weighted by molar-refractivity contribution is -0.0223. The molecule has 1 heterocycles. The molecule has 2 rings (SSSR count). The fourth-order valence-electron chi connectivity index (χ4n) is 4.62. The first kappa shape index (κ1) is 22.4. The lowest BCUT2D eigenvalue weighted by Crippen LogP contribution is -2.59. The zero-order valence-corrected chi connectivity index (χ0v) is 19.7. The minimum absolute atomic E-state index is 0.141. The second-order valence-electron chi connectivity index (χ2n) is 10.1. The van der Waals surface area contributed by atoms with Gasteiger partial charge in [0, 0.05) is 17.7 Å². The number of aryl methyl sites for hydroxylation is 1. The van der Waals surface area contributed by atoms with Gasteiger partial charge in [0.2, 0.25) is 8.32 Å². The van der Waals surface area contributed by atoms with Crippen LogP contribution >= 0.6 is 0 Å². The third-order valence-electron chi connectivity index (χ3n) is 5.31. The van der Waals surface area contributed by atoms with Crippen LogP contribution in [0.2, 0.25) is 19.1 Å². The van der Waals surface area contributed by atoms with Gasteiger partial charge in [0.15, 0.2) is 0 Å². The van der Waals surface area contributed by atoms with Crippen LogP contribution in [-0.2, 0) is 11.2 Å². The van der Waals surface area contributed by atoms with Crippen molar-refractivity contribution in [3.8, 4) is 5.75 Å². The Balaban J connectivity index is 1.85. The molecule has 0 atom stereocenters. The molecular formula is C23H41NO2Si. The van der Waals surface area contributed by atoms with Crippen LogP contribution in [0.5, 0.6) is 5.75 Å². The molecule has 154 valence electrons. The number of benzene rings is 1. The maximum Gasteiger partial charge on any atom is 0.245 e. The number of nitrogens with one attached hydrogen (secondary N) is 1. The van der Waals surface area contributed by atoms with E-state index in [-0.39, 0.29) is 11.1 Å². The highest BCUT2D eigenvalue weighted by atomic mass is 28.4. The monoisotopic (exact) mass is 391 g/mol. The topological polar surface area (TPSA) is 30.5 Å². The van der Waals surface area contributed by atoms with Gasteiger partial charge in [-0.3, -0.25) is 0 Å². The van der Waals surface area contributed by atoms with E-state index in [4.69, 9.17) is 9.16 Å². The predicted octanol–water partition coefficient (Wildman–Crippen LogP) is 5.94. The van der Waals surface area contributed by atoms with E-state index in [2.05, 4.69) is 77.3 Å². The van der Waals surface area contributed by atoms with Crippen molar-refractivity contribution in [1.82, 2.24) is 5.32 Å². The normalized spacial score (nSPS) is 19.8. The maximum absolute atomic E-state index is 6.46. The van der Waals surface area contributed by atoms with Gasteiger partial charge in [-0.05, 0) is 84.1 Å². The zero-order chi connectivity index (χ0) is 20.1. The molecule has 0 radical (unpaired) electrons.